The lowest BCUT2D eigenvalue weighted by Crippen LogP contribution is -1.98. The molecule has 0 spiro atoms. The Hall–Kier alpha value is -2.54. The summed E-state index contributed by atoms with van der Waals surface area (Å²) in [6.07, 6.45) is 1.69. The van der Waals surface area contributed by atoms with Crippen molar-refractivity contribution in [1.29, 1.82) is 5.26 Å². The lowest BCUT2D eigenvalue weighted by Gasteiger charge is -2.07. The fraction of sp³-hybridized carbons (Fsp3) is 0.143. The van der Waals surface area contributed by atoms with E-state index in [9.17, 15) is 0 Å². The molecule has 18 heavy (non-hydrogen) atoms. The molecule has 1 heterocycles. The Labute approximate surface area is 106 Å². The molecular weight excluding hydrogens is 226 g/mol. The molecule has 4 nitrogen and oxygen atoms in total. The molecule has 2 rings (SSSR count). The van der Waals surface area contributed by atoms with Crippen molar-refractivity contribution in [3.8, 4) is 17.6 Å². The van der Waals surface area contributed by atoms with Gasteiger partial charge in [0.15, 0.2) is 0 Å². The number of aromatic nitrogens is 1. The topological polar surface area (TPSA) is 57.9 Å². The number of nitrogens with zero attached hydrogens (tertiary/aromatic N) is 2. The predicted molar refractivity (Wildman–Crippen MR) is 69.6 cm³/mol. The van der Waals surface area contributed by atoms with Crippen LogP contribution in [0, 0.1) is 11.3 Å². The summed E-state index contributed by atoms with van der Waals surface area (Å²) in [5, 5.41) is 11.8. The van der Waals surface area contributed by atoms with Crippen LogP contribution in [0.5, 0.6) is 11.5 Å². The molecule has 0 atom stereocenters. The first-order valence-electron chi connectivity index (χ1n) is 5.70. The first-order valence-corrected chi connectivity index (χ1v) is 5.70. The minimum absolute atomic E-state index is 0.616. The molecular formula is C14H13N3O. The van der Waals surface area contributed by atoms with Crippen molar-refractivity contribution in [3.05, 3.63) is 48.2 Å². The molecule has 4 heteroatoms. The predicted octanol–water partition coefficient (Wildman–Crippen LogP) is 3.18. The number of nitrogens with one attached hydrogen (secondary N) is 1. The standard InChI is InChI=1S/C14H13N3O/c1-2-16-14-9-13(7-8-17-14)18-12-5-3-11(10-15)4-6-12/h3-9H,2H2,1H3,(H,16,17). The molecule has 2 aromatic rings. The van der Waals surface area contributed by atoms with Gasteiger partial charge in [-0.05, 0) is 37.3 Å². The quantitative estimate of drug-likeness (QED) is 0.890. The largest absolute Gasteiger partial charge is 0.457 e. The van der Waals surface area contributed by atoms with E-state index in [-0.39, 0.29) is 0 Å². The van der Waals surface area contributed by atoms with Gasteiger partial charge in [-0.15, -0.1) is 0 Å². The van der Waals surface area contributed by atoms with Crippen LogP contribution >= 0.6 is 0 Å². The number of hydrogen-bond donors (Lipinski definition) is 1. The van der Waals surface area contributed by atoms with Crippen molar-refractivity contribution < 1.29 is 4.74 Å². The molecule has 0 amide bonds. The Balaban J connectivity index is 2.12. The van der Waals surface area contributed by atoms with Gasteiger partial charge in [0, 0.05) is 18.8 Å². The molecule has 90 valence electrons. The van der Waals surface area contributed by atoms with E-state index < -0.39 is 0 Å². The summed E-state index contributed by atoms with van der Waals surface area (Å²) in [6, 6.07) is 12.7. The zero-order valence-corrected chi connectivity index (χ0v) is 10.1. The van der Waals surface area contributed by atoms with Gasteiger partial charge in [-0.1, -0.05) is 0 Å². The lowest BCUT2D eigenvalue weighted by molar-refractivity contribution is 0.482. The van der Waals surface area contributed by atoms with E-state index >= 15 is 0 Å². The average Bonchev–Trinajstić information content (AvgIpc) is 2.40. The normalized spacial score (nSPS) is 9.56. The van der Waals surface area contributed by atoms with E-state index in [4.69, 9.17) is 10.00 Å². The summed E-state index contributed by atoms with van der Waals surface area (Å²) < 4.78 is 5.68. The second-order valence-electron chi connectivity index (χ2n) is 3.65. The smallest absolute Gasteiger partial charge is 0.132 e. The van der Waals surface area contributed by atoms with Crippen LogP contribution in [-0.4, -0.2) is 11.5 Å². The Morgan fingerprint density at radius 3 is 2.67 bits per heavy atom. The van der Waals surface area contributed by atoms with Gasteiger partial charge >= 0.3 is 0 Å². The second-order valence-corrected chi connectivity index (χ2v) is 3.65. The van der Waals surface area contributed by atoms with Gasteiger partial charge in [0.25, 0.3) is 0 Å². The van der Waals surface area contributed by atoms with Crippen molar-refractivity contribution in [1.82, 2.24) is 4.98 Å². The molecule has 0 aliphatic rings. The Morgan fingerprint density at radius 1 is 1.22 bits per heavy atom. The minimum atomic E-state index is 0.616. The van der Waals surface area contributed by atoms with Crippen LogP contribution in [-0.2, 0) is 0 Å². The first kappa shape index (κ1) is 11.9. The molecule has 0 unspecified atom stereocenters. The molecule has 1 N–H and O–H groups in total. The third-order valence-electron chi connectivity index (χ3n) is 2.31. The van der Waals surface area contributed by atoms with E-state index in [2.05, 4.69) is 16.4 Å². The number of benzene rings is 1. The van der Waals surface area contributed by atoms with E-state index in [0.717, 1.165) is 12.4 Å². The van der Waals surface area contributed by atoms with E-state index in [0.29, 0.717) is 17.1 Å². The summed E-state index contributed by atoms with van der Waals surface area (Å²) in [6.45, 7) is 2.82. The van der Waals surface area contributed by atoms with Crippen LogP contribution in [0.15, 0.2) is 42.6 Å². The lowest BCUT2D eigenvalue weighted by atomic mass is 10.2. The SMILES string of the molecule is CCNc1cc(Oc2ccc(C#N)cc2)ccn1. The third kappa shape index (κ3) is 2.98. The fourth-order valence-corrected chi connectivity index (χ4v) is 1.49. The van der Waals surface area contributed by atoms with Crippen LogP contribution in [0.4, 0.5) is 5.82 Å². The summed E-state index contributed by atoms with van der Waals surface area (Å²) in [4.78, 5) is 4.16. The maximum absolute atomic E-state index is 8.71. The summed E-state index contributed by atoms with van der Waals surface area (Å²) in [5.41, 5.74) is 0.616. The molecule has 0 bridgehead atoms. The maximum atomic E-state index is 8.71. The van der Waals surface area contributed by atoms with E-state index in [1.165, 1.54) is 0 Å². The van der Waals surface area contributed by atoms with Gasteiger partial charge in [0.1, 0.15) is 17.3 Å². The van der Waals surface area contributed by atoms with Gasteiger partial charge in [-0.2, -0.15) is 5.26 Å². The van der Waals surface area contributed by atoms with Crippen molar-refractivity contribution in [3.63, 3.8) is 0 Å². The number of rotatable bonds is 4. The van der Waals surface area contributed by atoms with Gasteiger partial charge in [-0.3, -0.25) is 0 Å². The number of ether oxygens (including phenoxy) is 1. The van der Waals surface area contributed by atoms with Crippen LogP contribution in [0.2, 0.25) is 0 Å². The Bertz CT molecular complexity index is 558. The minimum Gasteiger partial charge on any atom is -0.457 e. The van der Waals surface area contributed by atoms with Crippen LogP contribution in [0.1, 0.15) is 12.5 Å². The molecule has 0 saturated heterocycles. The number of nitriles is 1. The zero-order valence-electron chi connectivity index (χ0n) is 10.1. The van der Waals surface area contributed by atoms with Gasteiger partial charge in [0.05, 0.1) is 11.6 Å². The van der Waals surface area contributed by atoms with Gasteiger partial charge in [0.2, 0.25) is 0 Å². The highest BCUT2D eigenvalue weighted by Crippen LogP contribution is 2.22. The highest BCUT2D eigenvalue weighted by Gasteiger charge is 1.99. The summed E-state index contributed by atoms with van der Waals surface area (Å²) in [7, 11) is 0. The highest BCUT2D eigenvalue weighted by molar-refractivity contribution is 5.43. The second kappa shape index (κ2) is 5.69. The van der Waals surface area contributed by atoms with Crippen molar-refractivity contribution in [2.45, 2.75) is 6.92 Å². The zero-order chi connectivity index (χ0) is 12.8. The monoisotopic (exact) mass is 239 g/mol. The van der Waals surface area contributed by atoms with E-state index in [1.54, 1.807) is 36.5 Å². The molecule has 1 aromatic heterocycles. The number of anilines is 1. The third-order valence-corrected chi connectivity index (χ3v) is 2.31. The number of hydrogen-bond acceptors (Lipinski definition) is 4. The van der Waals surface area contributed by atoms with Crippen LogP contribution < -0.4 is 10.1 Å². The molecule has 0 aliphatic heterocycles. The van der Waals surface area contributed by atoms with E-state index in [1.807, 2.05) is 13.0 Å². The molecule has 0 saturated carbocycles. The summed E-state index contributed by atoms with van der Waals surface area (Å²) in [5.74, 6) is 2.19. The average molecular weight is 239 g/mol. The fourth-order valence-electron chi connectivity index (χ4n) is 1.49. The first-order chi connectivity index (χ1) is 8.81. The van der Waals surface area contributed by atoms with Crippen molar-refractivity contribution in [2.24, 2.45) is 0 Å². The highest BCUT2D eigenvalue weighted by atomic mass is 16.5. The van der Waals surface area contributed by atoms with Crippen molar-refractivity contribution in [2.75, 3.05) is 11.9 Å². The van der Waals surface area contributed by atoms with Crippen LogP contribution in [0.25, 0.3) is 0 Å². The maximum Gasteiger partial charge on any atom is 0.132 e. The van der Waals surface area contributed by atoms with Gasteiger partial charge < -0.3 is 10.1 Å². The Morgan fingerprint density at radius 2 is 2.00 bits per heavy atom. The van der Waals surface area contributed by atoms with Crippen molar-refractivity contribution >= 4 is 5.82 Å². The number of pyridine rings is 1. The summed E-state index contributed by atoms with van der Waals surface area (Å²) >= 11 is 0. The molecule has 0 radical (unpaired) electrons. The van der Waals surface area contributed by atoms with Crippen LogP contribution in [0.3, 0.4) is 0 Å². The molecule has 0 aliphatic carbocycles. The molecule has 0 fully saturated rings. The Kier molecular flexibility index (Phi) is 3.77. The van der Waals surface area contributed by atoms with Gasteiger partial charge in [-0.25, -0.2) is 4.98 Å². The molecule has 1 aromatic carbocycles.